The van der Waals surface area contributed by atoms with E-state index in [0.29, 0.717) is 18.9 Å². The van der Waals surface area contributed by atoms with E-state index in [-0.39, 0.29) is 11.8 Å². The Balaban J connectivity index is 2.00. The van der Waals surface area contributed by atoms with E-state index in [4.69, 9.17) is 0 Å². The quantitative estimate of drug-likeness (QED) is 0.641. The van der Waals surface area contributed by atoms with E-state index in [0.717, 1.165) is 5.52 Å². The molecule has 0 radical (unpaired) electrons. The van der Waals surface area contributed by atoms with Crippen LogP contribution in [-0.2, 0) is 4.79 Å². The lowest BCUT2D eigenvalue weighted by molar-refractivity contribution is -0.121. The van der Waals surface area contributed by atoms with Gasteiger partial charge in [-0.15, -0.1) is 0 Å². The number of carbonyl (C=O) groups is 1. The molecule has 1 heterocycles. The molecular formula is C23H28N2O. The number of rotatable bonds is 6. The van der Waals surface area contributed by atoms with Crippen LogP contribution in [0.25, 0.3) is 10.9 Å². The molecule has 2 aromatic carbocycles. The summed E-state index contributed by atoms with van der Waals surface area (Å²) in [6.45, 7) is 9.18. The summed E-state index contributed by atoms with van der Waals surface area (Å²) < 4.78 is 0. The zero-order valence-corrected chi connectivity index (χ0v) is 16.1. The molecule has 3 nitrogen and oxygen atoms in total. The highest BCUT2D eigenvalue weighted by Crippen LogP contribution is 2.35. The first kappa shape index (κ1) is 18.2. The van der Waals surface area contributed by atoms with Crippen molar-refractivity contribution in [3.63, 3.8) is 0 Å². The number of carbonyl (C=O) groups excluding carboxylic acids is 1. The number of nitrogens with one attached hydrogen (secondary N) is 2. The van der Waals surface area contributed by atoms with Gasteiger partial charge in [-0.05, 0) is 42.5 Å². The largest absolute Gasteiger partial charge is 0.361 e. The summed E-state index contributed by atoms with van der Waals surface area (Å²) in [5.41, 5.74) is 6.00. The molecule has 0 saturated carbocycles. The Morgan fingerprint density at radius 3 is 2.58 bits per heavy atom. The Bertz CT molecular complexity index is 907. The van der Waals surface area contributed by atoms with Gasteiger partial charge in [0.1, 0.15) is 0 Å². The first-order valence-corrected chi connectivity index (χ1v) is 9.35. The van der Waals surface area contributed by atoms with Gasteiger partial charge in [-0.2, -0.15) is 0 Å². The van der Waals surface area contributed by atoms with Crippen molar-refractivity contribution in [2.45, 2.75) is 40.0 Å². The van der Waals surface area contributed by atoms with Crippen molar-refractivity contribution in [3.05, 3.63) is 70.9 Å². The number of aromatic amines is 1. The van der Waals surface area contributed by atoms with Crippen molar-refractivity contribution in [2.24, 2.45) is 5.92 Å². The molecule has 0 bridgehead atoms. The van der Waals surface area contributed by atoms with Gasteiger partial charge in [-0.1, -0.05) is 55.8 Å². The summed E-state index contributed by atoms with van der Waals surface area (Å²) in [6, 6.07) is 14.8. The zero-order valence-electron chi connectivity index (χ0n) is 16.1. The number of H-pyrrole nitrogens is 1. The van der Waals surface area contributed by atoms with Crippen LogP contribution in [0.2, 0.25) is 0 Å². The molecule has 1 atom stereocenters. The van der Waals surface area contributed by atoms with Gasteiger partial charge >= 0.3 is 0 Å². The van der Waals surface area contributed by atoms with Crippen molar-refractivity contribution in [1.82, 2.24) is 10.3 Å². The topological polar surface area (TPSA) is 44.9 Å². The predicted molar refractivity (Wildman–Crippen MR) is 109 cm³/mol. The summed E-state index contributed by atoms with van der Waals surface area (Å²) >= 11 is 0. The molecule has 2 N–H and O–H groups in total. The third-order valence-electron chi connectivity index (χ3n) is 4.89. The molecule has 0 aliphatic rings. The molecule has 0 aliphatic heterocycles. The van der Waals surface area contributed by atoms with Crippen molar-refractivity contribution in [2.75, 3.05) is 6.54 Å². The van der Waals surface area contributed by atoms with Crippen LogP contribution in [0, 0.1) is 19.8 Å². The fourth-order valence-corrected chi connectivity index (χ4v) is 3.56. The number of aryl methyl sites for hydroxylation is 2. The fraction of sp³-hybridized carbons (Fsp3) is 0.348. The molecular weight excluding hydrogens is 320 g/mol. The second kappa shape index (κ2) is 7.77. The molecule has 3 rings (SSSR count). The molecule has 0 unspecified atom stereocenters. The van der Waals surface area contributed by atoms with Gasteiger partial charge < -0.3 is 10.3 Å². The Kier molecular flexibility index (Phi) is 5.46. The monoisotopic (exact) mass is 348 g/mol. The number of hydrogen-bond acceptors (Lipinski definition) is 1. The first-order chi connectivity index (χ1) is 12.5. The van der Waals surface area contributed by atoms with Crippen molar-refractivity contribution in [3.8, 4) is 0 Å². The average molecular weight is 348 g/mol. The smallest absolute Gasteiger partial charge is 0.220 e. The Morgan fingerprint density at radius 2 is 1.85 bits per heavy atom. The second-order valence-corrected chi connectivity index (χ2v) is 7.60. The highest BCUT2D eigenvalue weighted by molar-refractivity contribution is 5.86. The van der Waals surface area contributed by atoms with Crippen molar-refractivity contribution < 1.29 is 4.79 Å². The highest BCUT2D eigenvalue weighted by atomic mass is 16.1. The van der Waals surface area contributed by atoms with E-state index < -0.39 is 0 Å². The van der Waals surface area contributed by atoms with Crippen molar-refractivity contribution >= 4 is 16.8 Å². The summed E-state index contributed by atoms with van der Waals surface area (Å²) in [5.74, 6) is 0.597. The lowest BCUT2D eigenvalue weighted by atomic mass is 9.85. The van der Waals surface area contributed by atoms with E-state index in [9.17, 15) is 4.79 Å². The third-order valence-corrected chi connectivity index (χ3v) is 4.89. The Morgan fingerprint density at radius 1 is 1.08 bits per heavy atom. The van der Waals surface area contributed by atoms with Crippen LogP contribution in [0.3, 0.4) is 0 Å². The van der Waals surface area contributed by atoms with E-state index in [1.807, 2.05) is 6.07 Å². The van der Waals surface area contributed by atoms with Gasteiger partial charge in [-0.25, -0.2) is 0 Å². The van der Waals surface area contributed by atoms with Gasteiger partial charge in [0, 0.05) is 36.0 Å². The van der Waals surface area contributed by atoms with Crippen LogP contribution in [0.15, 0.2) is 48.7 Å². The number of amides is 1. The second-order valence-electron chi connectivity index (χ2n) is 7.60. The normalized spacial score (nSPS) is 12.5. The minimum atomic E-state index is 0.0407. The first-order valence-electron chi connectivity index (χ1n) is 9.35. The fourth-order valence-electron chi connectivity index (χ4n) is 3.56. The molecule has 0 spiro atoms. The number of hydrogen-bond donors (Lipinski definition) is 2. The Labute approximate surface area is 155 Å². The Hall–Kier alpha value is -2.55. The number of para-hydroxylation sites is 1. The number of aromatic nitrogens is 1. The summed E-state index contributed by atoms with van der Waals surface area (Å²) in [6.07, 6.45) is 2.52. The minimum Gasteiger partial charge on any atom is -0.361 e. The lowest BCUT2D eigenvalue weighted by Gasteiger charge is -2.20. The van der Waals surface area contributed by atoms with Crippen LogP contribution in [-0.4, -0.2) is 17.4 Å². The molecule has 0 aliphatic carbocycles. The molecule has 1 aromatic heterocycles. The van der Waals surface area contributed by atoms with Crippen LogP contribution >= 0.6 is 0 Å². The maximum atomic E-state index is 12.6. The molecule has 1 amide bonds. The highest BCUT2D eigenvalue weighted by Gasteiger charge is 2.22. The van der Waals surface area contributed by atoms with Gasteiger partial charge in [-0.3, -0.25) is 4.79 Å². The van der Waals surface area contributed by atoms with Gasteiger partial charge in [0.15, 0.2) is 0 Å². The lowest BCUT2D eigenvalue weighted by Crippen LogP contribution is -2.28. The SMILES string of the molecule is Cc1ccc([C@H](CC(=O)NCC(C)C)c2c[nH]c3ccccc23)c(C)c1. The summed E-state index contributed by atoms with van der Waals surface area (Å²) in [5, 5.41) is 4.26. The number of fused-ring (bicyclic) bond motifs is 1. The predicted octanol–water partition coefficient (Wildman–Crippen LogP) is 5.08. The standard InChI is InChI=1S/C23H28N2O/c1-15(2)13-25-23(26)12-20(18-10-9-16(3)11-17(18)4)21-14-24-22-8-6-5-7-19(21)22/h5-11,14-15,20,24H,12-13H2,1-4H3,(H,25,26)/t20-/m0/s1. The van der Waals surface area contributed by atoms with E-state index >= 15 is 0 Å². The van der Waals surface area contributed by atoms with Gasteiger partial charge in [0.25, 0.3) is 0 Å². The average Bonchev–Trinajstić information content (AvgIpc) is 3.02. The van der Waals surface area contributed by atoms with Gasteiger partial charge in [0.05, 0.1) is 0 Å². The van der Waals surface area contributed by atoms with Crippen molar-refractivity contribution in [1.29, 1.82) is 0 Å². The molecule has 136 valence electrons. The maximum Gasteiger partial charge on any atom is 0.220 e. The molecule has 0 fully saturated rings. The van der Waals surface area contributed by atoms with Crippen LogP contribution in [0.1, 0.15) is 48.4 Å². The molecule has 3 heteroatoms. The van der Waals surface area contributed by atoms with Crippen LogP contribution in [0.4, 0.5) is 0 Å². The van der Waals surface area contributed by atoms with Crippen LogP contribution in [0.5, 0.6) is 0 Å². The third kappa shape index (κ3) is 3.98. The van der Waals surface area contributed by atoms with Gasteiger partial charge in [0.2, 0.25) is 5.91 Å². The van der Waals surface area contributed by atoms with Crippen LogP contribution < -0.4 is 5.32 Å². The molecule has 0 saturated heterocycles. The molecule has 26 heavy (non-hydrogen) atoms. The number of benzene rings is 2. The van der Waals surface area contributed by atoms with E-state index in [1.54, 1.807) is 0 Å². The minimum absolute atomic E-state index is 0.0407. The van der Waals surface area contributed by atoms with E-state index in [1.165, 1.54) is 27.6 Å². The summed E-state index contributed by atoms with van der Waals surface area (Å²) in [7, 11) is 0. The maximum absolute atomic E-state index is 12.6. The van der Waals surface area contributed by atoms with E-state index in [2.05, 4.69) is 80.6 Å². The molecule has 3 aromatic rings. The zero-order chi connectivity index (χ0) is 18.7. The summed E-state index contributed by atoms with van der Waals surface area (Å²) in [4.78, 5) is 16.0.